The highest BCUT2D eigenvalue weighted by molar-refractivity contribution is 14.1. The summed E-state index contributed by atoms with van der Waals surface area (Å²) in [6.45, 7) is 0.395. The third-order valence-electron chi connectivity index (χ3n) is 1.22. The number of H-pyrrole nitrogens is 1. The summed E-state index contributed by atoms with van der Waals surface area (Å²) in [5.74, 6) is 0. The summed E-state index contributed by atoms with van der Waals surface area (Å²) in [6.07, 6.45) is 5.60. The fraction of sp³-hybridized carbons (Fsp3) is 0.143. The molecule has 1 heterocycles. The van der Waals surface area contributed by atoms with Crippen molar-refractivity contribution in [3.05, 3.63) is 38.0 Å². The van der Waals surface area contributed by atoms with E-state index in [-0.39, 0.29) is 0 Å². The van der Waals surface area contributed by atoms with Crippen molar-refractivity contribution >= 4 is 28.7 Å². The minimum atomic E-state index is 0.395. The molecule has 0 unspecified atom stereocenters. The number of halogens is 1. The van der Waals surface area contributed by atoms with Crippen LogP contribution in [0.15, 0.2) is 23.5 Å². The van der Waals surface area contributed by atoms with Crippen LogP contribution in [-0.4, -0.2) is 11.5 Å². The van der Waals surface area contributed by atoms with Crippen molar-refractivity contribution in [2.24, 2.45) is 5.11 Å². The van der Waals surface area contributed by atoms with Gasteiger partial charge in [0.15, 0.2) is 0 Å². The number of aromatic amines is 1. The Bertz CT molecular complexity index is 322. The standard InChI is InChI=1S/C7H7IN4/c8-6-4-7(10-5-6)2-1-3-11-12-9/h1-2,4-5,10H,3H2. The highest BCUT2D eigenvalue weighted by atomic mass is 127. The van der Waals surface area contributed by atoms with Crippen LogP contribution in [0.1, 0.15) is 5.69 Å². The van der Waals surface area contributed by atoms with Crippen LogP contribution in [0.5, 0.6) is 0 Å². The molecule has 62 valence electrons. The molecule has 0 aromatic carbocycles. The zero-order valence-corrected chi connectivity index (χ0v) is 8.39. The van der Waals surface area contributed by atoms with Crippen molar-refractivity contribution in [1.82, 2.24) is 4.98 Å². The molecule has 0 aliphatic rings. The van der Waals surface area contributed by atoms with E-state index in [1.807, 2.05) is 24.4 Å². The van der Waals surface area contributed by atoms with Crippen LogP contribution in [0.4, 0.5) is 0 Å². The van der Waals surface area contributed by atoms with E-state index in [1.165, 1.54) is 0 Å². The normalized spacial score (nSPS) is 10.1. The summed E-state index contributed by atoms with van der Waals surface area (Å²) in [7, 11) is 0. The van der Waals surface area contributed by atoms with E-state index in [0.29, 0.717) is 6.54 Å². The lowest BCUT2D eigenvalue weighted by atomic mass is 10.4. The monoisotopic (exact) mass is 274 g/mol. The van der Waals surface area contributed by atoms with Gasteiger partial charge < -0.3 is 4.98 Å². The molecule has 5 heteroatoms. The minimum Gasteiger partial charge on any atom is -0.361 e. The second-order valence-electron chi connectivity index (χ2n) is 2.09. The van der Waals surface area contributed by atoms with Gasteiger partial charge in [0.05, 0.1) is 0 Å². The molecule has 0 aliphatic heterocycles. The molecule has 1 aromatic rings. The van der Waals surface area contributed by atoms with E-state index < -0.39 is 0 Å². The summed E-state index contributed by atoms with van der Waals surface area (Å²) >= 11 is 2.22. The Morgan fingerprint density at radius 1 is 1.75 bits per heavy atom. The molecular weight excluding hydrogens is 267 g/mol. The SMILES string of the molecule is [N-]=[N+]=NCC=Cc1cc(I)c[nH]1. The number of rotatable bonds is 3. The third-order valence-corrected chi connectivity index (χ3v) is 1.84. The van der Waals surface area contributed by atoms with E-state index in [1.54, 1.807) is 0 Å². The molecule has 0 radical (unpaired) electrons. The number of nitrogens with one attached hydrogen (secondary N) is 1. The Kier molecular flexibility index (Phi) is 3.69. The van der Waals surface area contributed by atoms with E-state index in [2.05, 4.69) is 37.6 Å². The van der Waals surface area contributed by atoms with Crippen LogP contribution in [0, 0.1) is 3.57 Å². The summed E-state index contributed by atoms with van der Waals surface area (Å²) < 4.78 is 1.16. The third kappa shape index (κ3) is 2.98. The molecule has 0 amide bonds. The second-order valence-corrected chi connectivity index (χ2v) is 3.33. The minimum absolute atomic E-state index is 0.395. The molecule has 0 bridgehead atoms. The topological polar surface area (TPSA) is 64.6 Å². The Labute approximate surface area is 83.4 Å². The molecule has 12 heavy (non-hydrogen) atoms. The molecule has 0 saturated heterocycles. The fourth-order valence-electron chi connectivity index (χ4n) is 0.744. The van der Waals surface area contributed by atoms with Gasteiger partial charge in [-0.1, -0.05) is 11.2 Å². The number of hydrogen-bond donors (Lipinski definition) is 1. The van der Waals surface area contributed by atoms with Crippen LogP contribution in [0.3, 0.4) is 0 Å². The maximum Gasteiger partial charge on any atom is 0.0443 e. The highest BCUT2D eigenvalue weighted by Gasteiger charge is 1.89. The first-order valence-corrected chi connectivity index (χ1v) is 4.42. The molecular formula is C7H7IN4. The molecule has 0 aliphatic carbocycles. The van der Waals surface area contributed by atoms with E-state index in [0.717, 1.165) is 9.26 Å². The highest BCUT2D eigenvalue weighted by Crippen LogP contribution is 2.07. The quantitative estimate of drug-likeness (QED) is 0.381. The van der Waals surface area contributed by atoms with E-state index >= 15 is 0 Å². The summed E-state index contributed by atoms with van der Waals surface area (Å²) in [5.41, 5.74) is 9.00. The first-order chi connectivity index (χ1) is 5.83. The first-order valence-electron chi connectivity index (χ1n) is 3.34. The van der Waals surface area contributed by atoms with Gasteiger partial charge in [-0.3, -0.25) is 0 Å². The van der Waals surface area contributed by atoms with E-state index in [4.69, 9.17) is 5.53 Å². The Morgan fingerprint density at radius 2 is 2.58 bits per heavy atom. The van der Waals surface area contributed by atoms with Crippen LogP contribution in [0.2, 0.25) is 0 Å². The molecule has 1 rings (SSSR count). The number of nitrogens with zero attached hydrogens (tertiary/aromatic N) is 3. The maximum absolute atomic E-state index is 7.98. The average molecular weight is 274 g/mol. The number of aromatic nitrogens is 1. The van der Waals surface area contributed by atoms with Crippen molar-refractivity contribution in [1.29, 1.82) is 0 Å². The lowest BCUT2D eigenvalue weighted by Gasteiger charge is -1.81. The molecule has 1 aromatic heterocycles. The Balaban J connectivity index is 2.51. The molecule has 4 nitrogen and oxygen atoms in total. The number of azide groups is 1. The average Bonchev–Trinajstić information content (AvgIpc) is 2.45. The van der Waals surface area contributed by atoms with Crippen LogP contribution in [-0.2, 0) is 0 Å². The summed E-state index contributed by atoms with van der Waals surface area (Å²) in [4.78, 5) is 5.69. The Morgan fingerprint density at radius 3 is 3.17 bits per heavy atom. The molecule has 1 N–H and O–H groups in total. The lowest BCUT2D eigenvalue weighted by molar-refractivity contribution is 1.22. The van der Waals surface area contributed by atoms with Gasteiger partial charge in [0.25, 0.3) is 0 Å². The molecule has 0 spiro atoms. The zero-order chi connectivity index (χ0) is 8.81. The van der Waals surface area contributed by atoms with Gasteiger partial charge in [0.1, 0.15) is 0 Å². The van der Waals surface area contributed by atoms with Crippen molar-refractivity contribution in [3.8, 4) is 0 Å². The van der Waals surface area contributed by atoms with Gasteiger partial charge in [0, 0.05) is 26.9 Å². The van der Waals surface area contributed by atoms with Crippen molar-refractivity contribution in [2.45, 2.75) is 0 Å². The van der Waals surface area contributed by atoms with Crippen molar-refractivity contribution in [3.63, 3.8) is 0 Å². The predicted octanol–water partition coefficient (Wildman–Crippen LogP) is 2.94. The first kappa shape index (κ1) is 9.15. The van der Waals surface area contributed by atoms with Gasteiger partial charge in [-0.05, 0) is 40.3 Å². The predicted molar refractivity (Wildman–Crippen MR) is 56.6 cm³/mol. The fourth-order valence-corrected chi connectivity index (χ4v) is 1.23. The van der Waals surface area contributed by atoms with Gasteiger partial charge >= 0.3 is 0 Å². The van der Waals surface area contributed by atoms with Gasteiger partial charge in [-0.25, -0.2) is 0 Å². The Hall–Kier alpha value is -0.940. The van der Waals surface area contributed by atoms with Gasteiger partial charge in [-0.2, -0.15) is 0 Å². The van der Waals surface area contributed by atoms with Crippen LogP contribution < -0.4 is 0 Å². The van der Waals surface area contributed by atoms with Gasteiger partial charge in [-0.15, -0.1) is 0 Å². The maximum atomic E-state index is 7.98. The molecule has 0 fully saturated rings. The number of hydrogen-bond acceptors (Lipinski definition) is 1. The smallest absolute Gasteiger partial charge is 0.0443 e. The molecule has 0 atom stereocenters. The van der Waals surface area contributed by atoms with Crippen molar-refractivity contribution < 1.29 is 0 Å². The summed E-state index contributed by atoms with van der Waals surface area (Å²) in [5, 5.41) is 3.37. The lowest BCUT2D eigenvalue weighted by Crippen LogP contribution is -1.70. The van der Waals surface area contributed by atoms with Gasteiger partial charge in [0.2, 0.25) is 0 Å². The van der Waals surface area contributed by atoms with Crippen LogP contribution in [0.25, 0.3) is 16.5 Å². The van der Waals surface area contributed by atoms with Crippen molar-refractivity contribution in [2.75, 3.05) is 6.54 Å². The largest absolute Gasteiger partial charge is 0.361 e. The van der Waals surface area contributed by atoms with Crippen LogP contribution >= 0.6 is 22.6 Å². The second kappa shape index (κ2) is 4.84. The molecule has 0 saturated carbocycles. The van der Waals surface area contributed by atoms with E-state index in [9.17, 15) is 0 Å². The zero-order valence-electron chi connectivity index (χ0n) is 6.24. The summed E-state index contributed by atoms with van der Waals surface area (Å²) in [6, 6.07) is 2.01.